The highest BCUT2D eigenvalue weighted by atomic mass is 32.1. The minimum atomic E-state index is 0.176. The molecule has 1 amide bonds. The second-order valence-corrected chi connectivity index (χ2v) is 4.68. The number of hydrogen-bond donors (Lipinski definition) is 2. The highest BCUT2D eigenvalue weighted by molar-refractivity contribution is 7.07. The minimum absolute atomic E-state index is 0.176. The van der Waals surface area contributed by atoms with Crippen molar-refractivity contribution in [1.29, 1.82) is 0 Å². The van der Waals surface area contributed by atoms with E-state index < -0.39 is 0 Å². The van der Waals surface area contributed by atoms with Gasteiger partial charge in [0.15, 0.2) is 0 Å². The monoisotopic (exact) mass is 224 g/mol. The molecule has 0 bridgehead atoms. The first-order valence-corrected chi connectivity index (χ1v) is 6.30. The predicted octanol–water partition coefficient (Wildman–Crippen LogP) is 1.51. The first-order chi connectivity index (χ1) is 7.34. The van der Waals surface area contributed by atoms with Gasteiger partial charge in [0.2, 0.25) is 5.91 Å². The molecular formula is C11H16N2OS. The smallest absolute Gasteiger partial charge is 0.221 e. The van der Waals surface area contributed by atoms with Gasteiger partial charge in [-0.05, 0) is 35.2 Å². The quantitative estimate of drug-likeness (QED) is 0.719. The third-order valence-corrected chi connectivity index (χ3v) is 3.11. The van der Waals surface area contributed by atoms with Crippen LogP contribution < -0.4 is 10.6 Å². The summed E-state index contributed by atoms with van der Waals surface area (Å²) < 4.78 is 0. The van der Waals surface area contributed by atoms with Crippen LogP contribution in [0.1, 0.15) is 24.8 Å². The fraction of sp³-hybridized carbons (Fsp3) is 0.545. The van der Waals surface area contributed by atoms with Crippen LogP contribution in [0.3, 0.4) is 0 Å². The van der Waals surface area contributed by atoms with Crippen molar-refractivity contribution in [1.82, 2.24) is 10.6 Å². The van der Waals surface area contributed by atoms with E-state index in [0.717, 1.165) is 25.9 Å². The zero-order chi connectivity index (χ0) is 10.5. The normalized spacial score (nSPS) is 15.2. The van der Waals surface area contributed by atoms with Crippen LogP contribution in [0.15, 0.2) is 16.8 Å². The molecule has 3 nitrogen and oxygen atoms in total. The molecule has 1 aromatic rings. The molecule has 1 aromatic heterocycles. The fourth-order valence-corrected chi connectivity index (χ4v) is 2.02. The maximum atomic E-state index is 11.3. The van der Waals surface area contributed by atoms with Crippen molar-refractivity contribution in [2.24, 2.45) is 0 Å². The third kappa shape index (κ3) is 4.01. The average molecular weight is 224 g/mol. The molecule has 0 aromatic carbocycles. The number of thiophene rings is 1. The number of rotatable bonds is 6. The lowest BCUT2D eigenvalue weighted by Gasteiger charge is -2.04. The highest BCUT2D eigenvalue weighted by Gasteiger charge is 2.22. The Morgan fingerprint density at radius 3 is 3.07 bits per heavy atom. The van der Waals surface area contributed by atoms with Crippen molar-refractivity contribution >= 4 is 17.2 Å². The van der Waals surface area contributed by atoms with Crippen molar-refractivity contribution in [3.8, 4) is 0 Å². The molecule has 0 atom stereocenters. The number of carbonyl (C=O) groups excluding carboxylic acids is 1. The van der Waals surface area contributed by atoms with Crippen LogP contribution in [-0.2, 0) is 11.3 Å². The summed E-state index contributed by atoms with van der Waals surface area (Å²) in [4.78, 5) is 11.3. The van der Waals surface area contributed by atoms with E-state index in [4.69, 9.17) is 0 Å². The Bertz CT molecular complexity index is 306. The van der Waals surface area contributed by atoms with Crippen LogP contribution in [0.2, 0.25) is 0 Å². The Balaban J connectivity index is 1.52. The lowest BCUT2D eigenvalue weighted by Crippen LogP contribution is -2.28. The predicted molar refractivity (Wildman–Crippen MR) is 61.8 cm³/mol. The fourth-order valence-electron chi connectivity index (χ4n) is 1.36. The van der Waals surface area contributed by atoms with Crippen molar-refractivity contribution < 1.29 is 4.79 Å². The van der Waals surface area contributed by atoms with Crippen molar-refractivity contribution in [2.45, 2.75) is 31.8 Å². The molecule has 2 N–H and O–H groups in total. The van der Waals surface area contributed by atoms with Crippen molar-refractivity contribution in [3.63, 3.8) is 0 Å². The van der Waals surface area contributed by atoms with E-state index in [2.05, 4.69) is 27.5 Å². The molecule has 1 heterocycles. The zero-order valence-corrected chi connectivity index (χ0v) is 9.48. The second kappa shape index (κ2) is 5.28. The first kappa shape index (κ1) is 10.6. The number of carbonyl (C=O) groups is 1. The molecule has 2 rings (SSSR count). The lowest BCUT2D eigenvalue weighted by atomic mass is 10.3. The van der Waals surface area contributed by atoms with Crippen LogP contribution in [0.5, 0.6) is 0 Å². The van der Waals surface area contributed by atoms with Gasteiger partial charge >= 0.3 is 0 Å². The summed E-state index contributed by atoms with van der Waals surface area (Å²) in [5.74, 6) is 0.176. The molecule has 15 heavy (non-hydrogen) atoms. The van der Waals surface area contributed by atoms with E-state index in [9.17, 15) is 4.79 Å². The highest BCUT2D eigenvalue weighted by Crippen LogP contribution is 2.18. The number of hydrogen-bond acceptors (Lipinski definition) is 3. The Morgan fingerprint density at radius 2 is 2.40 bits per heavy atom. The summed E-state index contributed by atoms with van der Waals surface area (Å²) >= 11 is 1.70. The number of amides is 1. The van der Waals surface area contributed by atoms with Crippen LogP contribution in [0.25, 0.3) is 0 Å². The second-order valence-electron chi connectivity index (χ2n) is 3.90. The van der Waals surface area contributed by atoms with Gasteiger partial charge < -0.3 is 10.6 Å². The summed E-state index contributed by atoms with van der Waals surface area (Å²) in [5.41, 5.74) is 1.29. The van der Waals surface area contributed by atoms with Gasteiger partial charge in [0, 0.05) is 25.6 Å². The van der Waals surface area contributed by atoms with Crippen molar-refractivity contribution in [3.05, 3.63) is 22.4 Å². The lowest BCUT2D eigenvalue weighted by molar-refractivity contribution is -0.121. The Labute approximate surface area is 93.9 Å². The zero-order valence-electron chi connectivity index (χ0n) is 8.66. The van der Waals surface area contributed by atoms with Gasteiger partial charge in [-0.25, -0.2) is 0 Å². The molecule has 0 aliphatic heterocycles. The molecule has 1 aliphatic carbocycles. The van der Waals surface area contributed by atoms with E-state index in [0.29, 0.717) is 12.5 Å². The Morgan fingerprint density at radius 1 is 1.53 bits per heavy atom. The molecule has 0 saturated heterocycles. The standard InChI is InChI=1S/C11H16N2OS/c14-11(13-10-1-2-10)3-5-12-7-9-4-6-15-8-9/h4,6,8,10,12H,1-3,5,7H2,(H,13,14). The molecule has 82 valence electrons. The van der Waals surface area contributed by atoms with Gasteiger partial charge in [0.1, 0.15) is 0 Å². The summed E-state index contributed by atoms with van der Waals surface area (Å²) in [6, 6.07) is 2.58. The molecule has 0 unspecified atom stereocenters. The number of nitrogens with one attached hydrogen (secondary N) is 2. The summed E-state index contributed by atoms with van der Waals surface area (Å²) in [6.07, 6.45) is 2.91. The van der Waals surface area contributed by atoms with E-state index in [1.807, 2.05) is 0 Å². The molecule has 4 heteroatoms. The minimum Gasteiger partial charge on any atom is -0.353 e. The van der Waals surface area contributed by atoms with Gasteiger partial charge in [-0.2, -0.15) is 11.3 Å². The maximum absolute atomic E-state index is 11.3. The van der Waals surface area contributed by atoms with Crippen LogP contribution in [0, 0.1) is 0 Å². The van der Waals surface area contributed by atoms with E-state index in [1.165, 1.54) is 5.56 Å². The van der Waals surface area contributed by atoms with Crippen LogP contribution in [0.4, 0.5) is 0 Å². The van der Waals surface area contributed by atoms with Gasteiger partial charge in [-0.15, -0.1) is 0 Å². The van der Waals surface area contributed by atoms with Gasteiger partial charge in [0.25, 0.3) is 0 Å². The average Bonchev–Trinajstić information content (AvgIpc) is 2.87. The van der Waals surface area contributed by atoms with Crippen LogP contribution in [-0.4, -0.2) is 18.5 Å². The van der Waals surface area contributed by atoms with Crippen LogP contribution >= 0.6 is 11.3 Å². The SMILES string of the molecule is O=C(CCNCc1ccsc1)NC1CC1. The summed E-state index contributed by atoms with van der Waals surface area (Å²) in [7, 11) is 0. The third-order valence-electron chi connectivity index (χ3n) is 2.38. The first-order valence-electron chi connectivity index (χ1n) is 5.36. The summed E-state index contributed by atoms with van der Waals surface area (Å²) in [6.45, 7) is 1.62. The van der Waals surface area contributed by atoms with Gasteiger partial charge in [-0.1, -0.05) is 0 Å². The summed E-state index contributed by atoms with van der Waals surface area (Å²) in [5, 5.41) is 10.4. The maximum Gasteiger partial charge on any atom is 0.221 e. The molecular weight excluding hydrogens is 208 g/mol. The van der Waals surface area contributed by atoms with Gasteiger partial charge in [-0.3, -0.25) is 4.79 Å². The topological polar surface area (TPSA) is 41.1 Å². The Kier molecular flexibility index (Phi) is 3.75. The van der Waals surface area contributed by atoms with Gasteiger partial charge in [0.05, 0.1) is 0 Å². The van der Waals surface area contributed by atoms with E-state index >= 15 is 0 Å². The molecule has 1 aliphatic rings. The largest absolute Gasteiger partial charge is 0.353 e. The molecule has 0 radical (unpaired) electrons. The molecule has 1 saturated carbocycles. The van der Waals surface area contributed by atoms with E-state index in [1.54, 1.807) is 11.3 Å². The van der Waals surface area contributed by atoms with E-state index in [-0.39, 0.29) is 5.91 Å². The Hall–Kier alpha value is -0.870. The molecule has 1 fully saturated rings. The van der Waals surface area contributed by atoms with Crippen molar-refractivity contribution in [2.75, 3.05) is 6.54 Å². The molecule has 0 spiro atoms.